The summed E-state index contributed by atoms with van der Waals surface area (Å²) in [4.78, 5) is 27.9. The maximum Gasteiger partial charge on any atom is 0.263 e. The number of benzene rings is 2. The van der Waals surface area contributed by atoms with Crippen LogP contribution in [0.5, 0.6) is 5.75 Å². The molecule has 5 rings (SSSR count). The number of carbonyl (C=O) groups is 1. The number of rotatable bonds is 4. The van der Waals surface area contributed by atoms with Gasteiger partial charge in [-0.1, -0.05) is 23.8 Å². The van der Waals surface area contributed by atoms with E-state index in [1.165, 1.54) is 0 Å². The maximum atomic E-state index is 13.8. The Labute approximate surface area is 179 Å². The van der Waals surface area contributed by atoms with E-state index in [0.29, 0.717) is 29.8 Å². The van der Waals surface area contributed by atoms with Gasteiger partial charge in [-0.3, -0.25) is 4.79 Å². The fraction of sp³-hybridized carbons (Fsp3) is 0.250. The zero-order valence-electron chi connectivity index (χ0n) is 18.0. The zero-order chi connectivity index (χ0) is 21.7. The van der Waals surface area contributed by atoms with E-state index in [4.69, 9.17) is 14.7 Å². The van der Waals surface area contributed by atoms with Crippen molar-refractivity contribution < 1.29 is 9.53 Å². The van der Waals surface area contributed by atoms with Gasteiger partial charge in [0, 0.05) is 0 Å². The average Bonchev–Trinajstić information content (AvgIpc) is 3.27. The van der Waals surface area contributed by atoms with Gasteiger partial charge >= 0.3 is 0 Å². The van der Waals surface area contributed by atoms with Crippen molar-refractivity contribution in [3.63, 3.8) is 0 Å². The summed E-state index contributed by atoms with van der Waals surface area (Å²) >= 11 is 0. The highest BCUT2D eigenvalue weighted by molar-refractivity contribution is 6.13. The van der Waals surface area contributed by atoms with Gasteiger partial charge in [0.1, 0.15) is 17.1 Å². The number of imidazole rings is 2. The Morgan fingerprint density at radius 2 is 1.87 bits per heavy atom. The third kappa shape index (κ3) is 2.96. The fourth-order valence-electron chi connectivity index (χ4n) is 4.14. The summed E-state index contributed by atoms with van der Waals surface area (Å²) in [5, 5.41) is 0. The minimum absolute atomic E-state index is 0.0966. The summed E-state index contributed by atoms with van der Waals surface area (Å²) in [6, 6.07) is 12.8. The maximum absolute atomic E-state index is 13.8. The van der Waals surface area contributed by atoms with Crippen molar-refractivity contribution >= 4 is 45.7 Å². The second-order valence-corrected chi connectivity index (χ2v) is 7.85. The molecule has 0 saturated heterocycles. The van der Waals surface area contributed by atoms with Crippen LogP contribution in [0.3, 0.4) is 0 Å². The van der Waals surface area contributed by atoms with Crippen LogP contribution in [0.2, 0.25) is 0 Å². The summed E-state index contributed by atoms with van der Waals surface area (Å²) < 4.78 is 9.38. The minimum atomic E-state index is -0.627. The van der Waals surface area contributed by atoms with Crippen molar-refractivity contribution in [1.29, 1.82) is 0 Å². The highest BCUT2D eigenvalue weighted by atomic mass is 16.5. The van der Waals surface area contributed by atoms with Gasteiger partial charge in [-0.05, 0) is 58.0 Å². The van der Waals surface area contributed by atoms with Crippen molar-refractivity contribution in [3.05, 3.63) is 53.9 Å². The number of hydrogen-bond acceptors (Lipinski definition) is 5. The minimum Gasteiger partial charge on any atom is -0.492 e. The Hall–Kier alpha value is -3.74. The Bertz CT molecular complexity index is 1400. The molecule has 1 aliphatic rings. The summed E-state index contributed by atoms with van der Waals surface area (Å²) in [5.41, 5.74) is 4.84. The molecule has 0 spiro atoms. The smallest absolute Gasteiger partial charge is 0.263 e. The number of fused-ring (bicyclic) bond motifs is 4. The molecule has 1 aliphatic heterocycles. The van der Waals surface area contributed by atoms with Crippen molar-refractivity contribution in [2.75, 3.05) is 6.61 Å². The number of aromatic nitrogens is 4. The lowest BCUT2D eigenvalue weighted by atomic mass is 10.1. The van der Waals surface area contributed by atoms with Crippen LogP contribution >= 0.6 is 0 Å². The van der Waals surface area contributed by atoms with E-state index in [9.17, 15) is 4.79 Å². The first-order valence-corrected chi connectivity index (χ1v) is 10.3. The second-order valence-electron chi connectivity index (χ2n) is 7.85. The van der Waals surface area contributed by atoms with Crippen LogP contribution < -0.4 is 4.74 Å². The number of carbonyl (C=O) groups excluding carboxylic acids is 1. The van der Waals surface area contributed by atoms with E-state index < -0.39 is 6.04 Å². The van der Waals surface area contributed by atoms with E-state index >= 15 is 0 Å². The molecular weight excluding hydrogens is 390 g/mol. The van der Waals surface area contributed by atoms with Gasteiger partial charge < -0.3 is 9.30 Å². The quantitative estimate of drug-likeness (QED) is 0.461. The number of ether oxygens (including phenoxy) is 1. The normalized spacial score (nSPS) is 15.8. The Balaban J connectivity index is 1.78. The van der Waals surface area contributed by atoms with Gasteiger partial charge in [0.05, 0.1) is 28.9 Å². The van der Waals surface area contributed by atoms with Gasteiger partial charge in [0.2, 0.25) is 5.95 Å². The van der Waals surface area contributed by atoms with E-state index in [1.807, 2.05) is 80.8 Å². The van der Waals surface area contributed by atoms with Crippen LogP contribution in [0, 0.1) is 0 Å². The molecule has 31 heavy (non-hydrogen) atoms. The first-order valence-electron chi connectivity index (χ1n) is 10.3. The molecule has 156 valence electrons. The van der Waals surface area contributed by atoms with E-state index in [1.54, 1.807) is 4.57 Å². The number of allylic oxidation sites excluding steroid dienone is 1. The molecule has 0 radical (unpaired) electrons. The second kappa shape index (κ2) is 7.19. The Morgan fingerprint density at radius 3 is 2.65 bits per heavy atom. The van der Waals surface area contributed by atoms with Crippen LogP contribution in [0.15, 0.2) is 53.0 Å². The molecule has 1 atom stereocenters. The van der Waals surface area contributed by atoms with Gasteiger partial charge in [0.15, 0.2) is 6.04 Å². The summed E-state index contributed by atoms with van der Waals surface area (Å²) in [5.74, 6) is 1.72. The van der Waals surface area contributed by atoms with E-state index in [2.05, 4.69) is 4.98 Å². The van der Waals surface area contributed by atoms with Crippen LogP contribution in [-0.4, -0.2) is 37.3 Å². The monoisotopic (exact) mass is 413 g/mol. The standard InChI is InChI=1S/C24H23N5O2/c1-5-31-19-12-8-11-18-21(19)27-20(13-14(2)3)28(18)22-15(4)25-24-26-16-9-6-7-10-17(16)29(24)23(22)30/h6-13,22H,5H2,1-4H3. The molecule has 0 N–H and O–H groups in total. The molecule has 2 aromatic carbocycles. The highest BCUT2D eigenvalue weighted by Gasteiger charge is 2.35. The molecule has 0 aliphatic carbocycles. The number of para-hydroxylation sites is 3. The molecule has 2 aromatic heterocycles. The highest BCUT2D eigenvalue weighted by Crippen LogP contribution is 2.35. The summed E-state index contributed by atoms with van der Waals surface area (Å²) in [6.07, 6.45) is 1.98. The van der Waals surface area contributed by atoms with E-state index in [0.717, 1.165) is 27.6 Å². The molecule has 3 heterocycles. The first kappa shape index (κ1) is 19.2. The predicted octanol–water partition coefficient (Wildman–Crippen LogP) is 5.20. The van der Waals surface area contributed by atoms with Crippen LogP contribution in [0.1, 0.15) is 44.4 Å². The predicted molar refractivity (Wildman–Crippen MR) is 122 cm³/mol. The topological polar surface area (TPSA) is 74.3 Å². The van der Waals surface area contributed by atoms with Crippen molar-refractivity contribution in [3.8, 4) is 5.75 Å². The van der Waals surface area contributed by atoms with E-state index in [-0.39, 0.29) is 5.91 Å². The third-order valence-corrected chi connectivity index (χ3v) is 5.36. The molecular formula is C24H23N5O2. The largest absolute Gasteiger partial charge is 0.492 e. The third-order valence-electron chi connectivity index (χ3n) is 5.36. The molecule has 0 saturated carbocycles. The number of aliphatic imine (C=N–C) groups is 1. The van der Waals surface area contributed by atoms with Crippen molar-refractivity contribution in [2.45, 2.75) is 33.7 Å². The molecule has 0 amide bonds. The average molecular weight is 413 g/mol. The Kier molecular flexibility index (Phi) is 4.46. The van der Waals surface area contributed by atoms with Crippen molar-refractivity contribution in [1.82, 2.24) is 19.1 Å². The lowest BCUT2D eigenvalue weighted by molar-refractivity contribution is 0.0880. The summed E-state index contributed by atoms with van der Waals surface area (Å²) in [6.45, 7) is 8.38. The van der Waals surface area contributed by atoms with Gasteiger partial charge in [0.25, 0.3) is 5.91 Å². The zero-order valence-corrected chi connectivity index (χ0v) is 18.0. The van der Waals surface area contributed by atoms with Crippen molar-refractivity contribution in [2.24, 2.45) is 4.99 Å². The van der Waals surface area contributed by atoms with Crippen LogP contribution in [0.25, 0.3) is 28.1 Å². The molecule has 7 nitrogen and oxygen atoms in total. The first-order chi connectivity index (χ1) is 15.0. The van der Waals surface area contributed by atoms with Crippen LogP contribution in [-0.2, 0) is 0 Å². The molecule has 0 bridgehead atoms. The SMILES string of the molecule is CCOc1cccc2c1nc(C=C(C)C)n2C1C(=O)n2c(nc3ccccc32)N=C1C. The molecule has 4 aromatic rings. The number of nitrogens with zero attached hydrogens (tertiary/aromatic N) is 5. The van der Waals surface area contributed by atoms with Gasteiger partial charge in [-0.25, -0.2) is 19.5 Å². The van der Waals surface area contributed by atoms with Gasteiger partial charge in [-0.2, -0.15) is 0 Å². The molecule has 1 unspecified atom stereocenters. The number of hydrogen-bond donors (Lipinski definition) is 0. The lowest BCUT2D eigenvalue weighted by Crippen LogP contribution is -2.33. The Morgan fingerprint density at radius 1 is 1.10 bits per heavy atom. The lowest BCUT2D eigenvalue weighted by Gasteiger charge is -2.24. The fourth-order valence-corrected chi connectivity index (χ4v) is 4.14. The molecule has 7 heteroatoms. The summed E-state index contributed by atoms with van der Waals surface area (Å²) in [7, 11) is 0. The van der Waals surface area contributed by atoms with Crippen LogP contribution in [0.4, 0.5) is 5.95 Å². The molecule has 0 fully saturated rings. The van der Waals surface area contributed by atoms with Gasteiger partial charge in [-0.15, -0.1) is 0 Å².